The fourth-order valence-electron chi connectivity index (χ4n) is 5.08. The highest BCUT2D eigenvalue weighted by atomic mass is 16.5. The van der Waals surface area contributed by atoms with Crippen LogP contribution in [0.5, 0.6) is 0 Å². The van der Waals surface area contributed by atoms with E-state index in [4.69, 9.17) is 14.0 Å². The molecule has 0 spiro atoms. The molecule has 164 valence electrons. The molecule has 1 saturated heterocycles. The number of amides is 1. The lowest BCUT2D eigenvalue weighted by Gasteiger charge is -2.32. The number of rotatable bonds is 5. The molecule has 2 fully saturated rings. The highest BCUT2D eigenvalue weighted by Crippen LogP contribution is 2.30. The van der Waals surface area contributed by atoms with Gasteiger partial charge in [-0.05, 0) is 43.7 Å². The maximum atomic E-state index is 12.9. The predicted octanol–water partition coefficient (Wildman–Crippen LogP) is 4.67. The first-order chi connectivity index (χ1) is 15.3. The monoisotopic (exact) mass is 422 g/mol. The zero-order valence-electron chi connectivity index (χ0n) is 18.0. The van der Waals surface area contributed by atoms with Gasteiger partial charge in [-0.25, -0.2) is 0 Å². The van der Waals surface area contributed by atoms with E-state index in [0.717, 1.165) is 55.0 Å². The van der Waals surface area contributed by atoms with E-state index in [1.807, 2.05) is 29.2 Å². The molecule has 7 heteroatoms. The van der Waals surface area contributed by atoms with Crippen molar-refractivity contribution in [2.45, 2.75) is 70.1 Å². The molecule has 1 aliphatic heterocycles. The minimum Gasteiger partial charge on any atom is -0.356 e. The highest BCUT2D eigenvalue weighted by Gasteiger charge is 2.27. The lowest BCUT2D eigenvalue weighted by molar-refractivity contribution is -0.132. The van der Waals surface area contributed by atoms with Crippen molar-refractivity contribution in [2.24, 2.45) is 5.92 Å². The summed E-state index contributed by atoms with van der Waals surface area (Å²) in [6.45, 7) is 1.53. The number of para-hydroxylation sites is 1. The van der Waals surface area contributed by atoms with Gasteiger partial charge in [0, 0.05) is 30.8 Å². The lowest BCUT2D eigenvalue weighted by atomic mass is 9.94. The first kappa shape index (κ1) is 20.2. The summed E-state index contributed by atoms with van der Waals surface area (Å²) in [6.07, 6.45) is 10.6. The van der Waals surface area contributed by atoms with E-state index in [1.54, 1.807) is 0 Å². The van der Waals surface area contributed by atoms with Gasteiger partial charge >= 0.3 is 0 Å². The number of nitrogens with zero attached hydrogens (tertiary/aromatic N) is 4. The van der Waals surface area contributed by atoms with Gasteiger partial charge in [-0.3, -0.25) is 4.79 Å². The van der Waals surface area contributed by atoms with Gasteiger partial charge in [0.25, 0.3) is 0 Å². The van der Waals surface area contributed by atoms with Crippen molar-refractivity contribution >= 4 is 16.9 Å². The SMILES string of the molecule is O=C(Cc1noc2ccccc12)N1CCCC(Cc2nc(C3CCCCCC3)no2)C1. The second kappa shape index (κ2) is 9.20. The van der Waals surface area contributed by atoms with Crippen molar-refractivity contribution in [3.8, 4) is 0 Å². The van der Waals surface area contributed by atoms with E-state index in [9.17, 15) is 4.79 Å². The molecule has 1 amide bonds. The average molecular weight is 423 g/mol. The lowest BCUT2D eigenvalue weighted by Crippen LogP contribution is -2.41. The summed E-state index contributed by atoms with van der Waals surface area (Å²) in [5, 5.41) is 9.33. The van der Waals surface area contributed by atoms with Crippen LogP contribution in [0.4, 0.5) is 0 Å². The number of carbonyl (C=O) groups is 1. The second-order valence-electron chi connectivity index (χ2n) is 9.09. The van der Waals surface area contributed by atoms with Gasteiger partial charge < -0.3 is 13.9 Å². The van der Waals surface area contributed by atoms with Crippen LogP contribution >= 0.6 is 0 Å². The zero-order valence-corrected chi connectivity index (χ0v) is 18.0. The third-order valence-corrected chi connectivity index (χ3v) is 6.81. The molecule has 5 rings (SSSR count). The van der Waals surface area contributed by atoms with E-state index >= 15 is 0 Å². The Morgan fingerprint density at radius 3 is 2.71 bits per heavy atom. The summed E-state index contributed by atoms with van der Waals surface area (Å²) in [4.78, 5) is 19.6. The van der Waals surface area contributed by atoms with Crippen LogP contribution < -0.4 is 0 Å². The van der Waals surface area contributed by atoms with E-state index in [-0.39, 0.29) is 12.3 Å². The van der Waals surface area contributed by atoms with Crippen molar-refractivity contribution in [1.29, 1.82) is 0 Å². The zero-order chi connectivity index (χ0) is 21.0. The number of hydrogen-bond donors (Lipinski definition) is 0. The van der Waals surface area contributed by atoms with Gasteiger partial charge in [0.2, 0.25) is 11.8 Å². The molecule has 31 heavy (non-hydrogen) atoms. The highest BCUT2D eigenvalue weighted by molar-refractivity contribution is 5.86. The molecule has 0 radical (unpaired) electrons. The van der Waals surface area contributed by atoms with Crippen LogP contribution in [0.3, 0.4) is 0 Å². The van der Waals surface area contributed by atoms with Crippen molar-refractivity contribution in [3.05, 3.63) is 41.7 Å². The molecular weight excluding hydrogens is 392 g/mol. The number of fused-ring (bicyclic) bond motifs is 1. The Bertz CT molecular complexity index is 1020. The van der Waals surface area contributed by atoms with Crippen LogP contribution in [0, 0.1) is 5.92 Å². The Hall–Kier alpha value is -2.70. The third-order valence-electron chi connectivity index (χ3n) is 6.81. The minimum atomic E-state index is 0.105. The molecule has 3 aromatic rings. The van der Waals surface area contributed by atoms with Gasteiger partial charge in [-0.1, -0.05) is 48.1 Å². The van der Waals surface area contributed by atoms with Gasteiger partial charge in [0.1, 0.15) is 5.69 Å². The van der Waals surface area contributed by atoms with Crippen molar-refractivity contribution in [3.63, 3.8) is 0 Å². The largest absolute Gasteiger partial charge is 0.356 e. The first-order valence-electron chi connectivity index (χ1n) is 11.7. The summed E-state index contributed by atoms with van der Waals surface area (Å²) in [5.41, 5.74) is 1.44. The van der Waals surface area contributed by atoms with Crippen molar-refractivity contribution in [1.82, 2.24) is 20.2 Å². The number of piperidine rings is 1. The smallest absolute Gasteiger partial charge is 0.228 e. The van der Waals surface area contributed by atoms with Gasteiger partial charge in [0.15, 0.2) is 11.4 Å². The van der Waals surface area contributed by atoms with Gasteiger partial charge in [-0.2, -0.15) is 4.98 Å². The summed E-state index contributed by atoms with van der Waals surface area (Å²) in [6, 6.07) is 7.68. The molecule has 3 heterocycles. The van der Waals surface area contributed by atoms with Gasteiger partial charge in [-0.15, -0.1) is 0 Å². The molecule has 0 bridgehead atoms. The quantitative estimate of drug-likeness (QED) is 0.555. The van der Waals surface area contributed by atoms with E-state index in [0.29, 0.717) is 17.5 Å². The fraction of sp³-hybridized carbons (Fsp3) is 0.583. The molecule has 1 aliphatic carbocycles. The summed E-state index contributed by atoms with van der Waals surface area (Å²) in [5.74, 6) is 2.52. The first-order valence-corrected chi connectivity index (χ1v) is 11.7. The Labute approximate surface area is 182 Å². The number of likely N-dealkylation sites (tertiary alicyclic amines) is 1. The molecule has 1 unspecified atom stereocenters. The number of carbonyl (C=O) groups excluding carboxylic acids is 1. The Morgan fingerprint density at radius 2 is 1.84 bits per heavy atom. The molecule has 2 aromatic heterocycles. The van der Waals surface area contributed by atoms with Crippen LogP contribution in [-0.4, -0.2) is 39.2 Å². The number of benzene rings is 1. The topological polar surface area (TPSA) is 85.3 Å². The third kappa shape index (κ3) is 4.65. The fourth-order valence-corrected chi connectivity index (χ4v) is 5.08. The molecule has 0 N–H and O–H groups in total. The van der Waals surface area contributed by atoms with Crippen LogP contribution in [-0.2, 0) is 17.6 Å². The molecule has 1 saturated carbocycles. The standard InChI is InChI=1S/C24H30N4O3/c29-23(15-20-19-11-5-6-12-21(19)30-26-20)28-13-7-8-17(16-28)14-22-25-24(27-31-22)18-9-3-1-2-4-10-18/h5-6,11-12,17-18H,1-4,7-10,13-16H2. The van der Waals surface area contributed by atoms with E-state index in [2.05, 4.69) is 10.3 Å². The average Bonchev–Trinajstić information content (AvgIpc) is 3.32. The van der Waals surface area contributed by atoms with E-state index < -0.39 is 0 Å². The second-order valence-corrected chi connectivity index (χ2v) is 9.09. The molecule has 2 aliphatic rings. The van der Waals surface area contributed by atoms with Crippen molar-refractivity contribution < 1.29 is 13.8 Å². The van der Waals surface area contributed by atoms with Gasteiger partial charge in [0.05, 0.1) is 6.42 Å². The summed E-state index contributed by atoms with van der Waals surface area (Å²) < 4.78 is 11.0. The molecule has 1 atom stereocenters. The predicted molar refractivity (Wildman–Crippen MR) is 115 cm³/mol. The van der Waals surface area contributed by atoms with E-state index in [1.165, 1.54) is 38.5 Å². The number of aromatic nitrogens is 3. The van der Waals surface area contributed by atoms with Crippen LogP contribution in [0.15, 0.2) is 33.3 Å². The van der Waals surface area contributed by atoms with Crippen LogP contribution in [0.25, 0.3) is 11.0 Å². The summed E-state index contributed by atoms with van der Waals surface area (Å²) >= 11 is 0. The van der Waals surface area contributed by atoms with Crippen LogP contribution in [0.1, 0.15) is 74.7 Å². The Morgan fingerprint density at radius 1 is 1.00 bits per heavy atom. The Balaban J connectivity index is 1.19. The summed E-state index contributed by atoms with van der Waals surface area (Å²) in [7, 11) is 0. The molecule has 1 aromatic carbocycles. The molecular formula is C24H30N4O3. The maximum absolute atomic E-state index is 12.9. The molecule has 7 nitrogen and oxygen atoms in total. The maximum Gasteiger partial charge on any atom is 0.228 e. The van der Waals surface area contributed by atoms with Crippen LogP contribution in [0.2, 0.25) is 0 Å². The minimum absolute atomic E-state index is 0.105. The Kier molecular flexibility index (Phi) is 6.00. The van der Waals surface area contributed by atoms with Crippen molar-refractivity contribution in [2.75, 3.05) is 13.1 Å². The number of hydrogen-bond acceptors (Lipinski definition) is 6. The normalized spacial score (nSPS) is 20.8.